The predicted molar refractivity (Wildman–Crippen MR) is 86.8 cm³/mol. The first-order valence-corrected chi connectivity index (χ1v) is 8.09. The largest absolute Gasteiger partial charge is 0.372 e. The molecule has 0 spiro atoms. The third-order valence-corrected chi connectivity index (χ3v) is 4.79. The number of hydrazine groups is 1. The summed E-state index contributed by atoms with van der Waals surface area (Å²) < 4.78 is 5.81. The van der Waals surface area contributed by atoms with Crippen LogP contribution < -0.4 is 16.2 Å². The number of anilines is 2. The van der Waals surface area contributed by atoms with Crippen molar-refractivity contribution in [3.63, 3.8) is 0 Å². The number of nitrogens with two attached hydrogens (primary N) is 1. The van der Waals surface area contributed by atoms with E-state index in [0.29, 0.717) is 5.95 Å². The zero-order valence-electron chi connectivity index (χ0n) is 12.6. The van der Waals surface area contributed by atoms with E-state index in [2.05, 4.69) is 47.1 Å². The fraction of sp³-hybridized carbons (Fsp3) is 0.571. The minimum Gasteiger partial charge on any atom is -0.372 e. The van der Waals surface area contributed by atoms with Gasteiger partial charge >= 0.3 is 0 Å². The van der Waals surface area contributed by atoms with Crippen LogP contribution in [0.4, 0.5) is 11.8 Å². The number of aromatic nitrogens is 2. The summed E-state index contributed by atoms with van der Waals surface area (Å²) in [4.78, 5) is 13.6. The Kier molecular flexibility index (Phi) is 3.97. The third kappa shape index (κ3) is 2.81. The number of aryl methyl sites for hydroxylation is 1. The molecule has 21 heavy (non-hydrogen) atoms. The van der Waals surface area contributed by atoms with Gasteiger partial charge in [-0.05, 0) is 26.3 Å². The van der Waals surface area contributed by atoms with Gasteiger partial charge in [0.25, 0.3) is 0 Å². The molecule has 0 radical (unpaired) electrons. The maximum Gasteiger partial charge on any atom is 0.240 e. The van der Waals surface area contributed by atoms with Gasteiger partial charge in [0, 0.05) is 18.0 Å². The summed E-state index contributed by atoms with van der Waals surface area (Å²) in [5.74, 6) is 6.94. The van der Waals surface area contributed by atoms with Crippen LogP contribution in [0.1, 0.15) is 25.6 Å². The van der Waals surface area contributed by atoms with Crippen LogP contribution in [-0.4, -0.2) is 35.3 Å². The lowest BCUT2D eigenvalue weighted by atomic mass is 10.2. The van der Waals surface area contributed by atoms with E-state index in [4.69, 9.17) is 10.6 Å². The molecule has 3 heterocycles. The number of morpholine rings is 1. The number of nitrogens with one attached hydrogen (secondary N) is 1. The van der Waals surface area contributed by atoms with E-state index in [-0.39, 0.29) is 12.2 Å². The van der Waals surface area contributed by atoms with E-state index in [1.165, 1.54) is 4.88 Å². The van der Waals surface area contributed by atoms with Crippen molar-refractivity contribution in [1.29, 1.82) is 0 Å². The summed E-state index contributed by atoms with van der Waals surface area (Å²) in [7, 11) is 0. The van der Waals surface area contributed by atoms with Crippen LogP contribution in [0.15, 0.2) is 6.07 Å². The molecule has 3 rings (SSSR count). The molecule has 0 aromatic carbocycles. The Hall–Kier alpha value is -1.44. The Morgan fingerprint density at radius 3 is 2.71 bits per heavy atom. The molecule has 114 valence electrons. The van der Waals surface area contributed by atoms with Crippen LogP contribution in [0.2, 0.25) is 0 Å². The second-order valence-corrected chi connectivity index (χ2v) is 6.58. The van der Waals surface area contributed by atoms with Gasteiger partial charge in [-0.2, -0.15) is 4.98 Å². The number of nitrogens with zero attached hydrogens (tertiary/aromatic N) is 3. The Bertz CT molecular complexity index is 634. The van der Waals surface area contributed by atoms with Crippen LogP contribution in [-0.2, 0) is 11.2 Å². The second-order valence-electron chi connectivity index (χ2n) is 5.46. The molecular weight excluding hydrogens is 286 g/mol. The Morgan fingerprint density at radius 1 is 1.38 bits per heavy atom. The molecule has 2 aromatic heterocycles. The highest BCUT2D eigenvalue weighted by atomic mass is 32.1. The SMILES string of the molecule is CCc1cc2c(N3C[C@@H](C)O[C@@H](C)C3)nc(NN)nc2s1. The zero-order valence-corrected chi connectivity index (χ0v) is 13.4. The molecular formula is C14H21N5OS. The van der Waals surface area contributed by atoms with Gasteiger partial charge in [0.15, 0.2) is 0 Å². The van der Waals surface area contributed by atoms with Crippen LogP contribution in [0, 0.1) is 0 Å². The molecule has 0 saturated carbocycles. The number of ether oxygens (including phenoxy) is 1. The topological polar surface area (TPSA) is 76.3 Å². The number of hydrogen-bond donors (Lipinski definition) is 2. The van der Waals surface area contributed by atoms with Crippen LogP contribution in [0.3, 0.4) is 0 Å². The first-order chi connectivity index (χ1) is 10.1. The Balaban J connectivity index is 2.08. The summed E-state index contributed by atoms with van der Waals surface area (Å²) in [5.41, 5.74) is 2.57. The molecule has 1 saturated heterocycles. The van der Waals surface area contributed by atoms with E-state index in [0.717, 1.165) is 35.5 Å². The lowest BCUT2D eigenvalue weighted by molar-refractivity contribution is -0.00536. The van der Waals surface area contributed by atoms with Crippen molar-refractivity contribution in [3.05, 3.63) is 10.9 Å². The van der Waals surface area contributed by atoms with Crippen molar-refractivity contribution in [2.45, 2.75) is 39.4 Å². The highest BCUT2D eigenvalue weighted by molar-refractivity contribution is 7.18. The fourth-order valence-electron chi connectivity index (χ4n) is 2.79. The monoisotopic (exact) mass is 307 g/mol. The van der Waals surface area contributed by atoms with Crippen LogP contribution in [0.5, 0.6) is 0 Å². The average Bonchev–Trinajstić information content (AvgIpc) is 2.87. The van der Waals surface area contributed by atoms with Crippen molar-refractivity contribution in [2.24, 2.45) is 5.84 Å². The molecule has 6 nitrogen and oxygen atoms in total. The van der Waals surface area contributed by atoms with Gasteiger partial charge < -0.3 is 9.64 Å². The molecule has 0 aliphatic carbocycles. The summed E-state index contributed by atoms with van der Waals surface area (Å²) in [6, 6.07) is 2.19. The maximum atomic E-state index is 5.81. The van der Waals surface area contributed by atoms with Crippen LogP contribution in [0.25, 0.3) is 10.2 Å². The van der Waals surface area contributed by atoms with E-state index in [1.807, 2.05) is 0 Å². The Labute approximate surface area is 128 Å². The molecule has 1 fully saturated rings. The second kappa shape index (κ2) is 5.75. The van der Waals surface area contributed by atoms with Gasteiger partial charge in [-0.1, -0.05) is 6.92 Å². The average molecular weight is 307 g/mol. The molecule has 1 aliphatic heterocycles. The van der Waals surface area contributed by atoms with Gasteiger partial charge in [0.2, 0.25) is 5.95 Å². The van der Waals surface area contributed by atoms with Gasteiger partial charge in [-0.3, -0.25) is 5.43 Å². The van der Waals surface area contributed by atoms with Crippen molar-refractivity contribution < 1.29 is 4.74 Å². The number of thiophene rings is 1. The normalized spacial score (nSPS) is 22.8. The number of rotatable bonds is 3. The molecule has 1 aliphatic rings. The molecule has 7 heteroatoms. The van der Waals surface area contributed by atoms with E-state index < -0.39 is 0 Å². The smallest absolute Gasteiger partial charge is 0.240 e. The predicted octanol–water partition coefficient (Wildman–Crippen LogP) is 2.15. The minimum absolute atomic E-state index is 0.192. The summed E-state index contributed by atoms with van der Waals surface area (Å²) in [6.45, 7) is 8.00. The molecule has 0 unspecified atom stereocenters. The molecule has 2 aromatic rings. The summed E-state index contributed by atoms with van der Waals surface area (Å²) >= 11 is 1.70. The van der Waals surface area contributed by atoms with E-state index in [1.54, 1.807) is 11.3 Å². The highest BCUT2D eigenvalue weighted by Crippen LogP contribution is 2.33. The van der Waals surface area contributed by atoms with Gasteiger partial charge in [-0.25, -0.2) is 10.8 Å². The third-order valence-electron chi connectivity index (χ3n) is 3.62. The van der Waals surface area contributed by atoms with Gasteiger partial charge in [0.1, 0.15) is 10.6 Å². The van der Waals surface area contributed by atoms with E-state index >= 15 is 0 Å². The van der Waals surface area contributed by atoms with E-state index in [9.17, 15) is 0 Å². The first kappa shape index (κ1) is 14.5. The quantitative estimate of drug-likeness (QED) is 0.668. The number of nitrogen functional groups attached to an aromatic ring is 1. The molecule has 2 atom stereocenters. The summed E-state index contributed by atoms with van der Waals surface area (Å²) in [6.07, 6.45) is 1.39. The van der Waals surface area contributed by atoms with Gasteiger partial charge in [-0.15, -0.1) is 11.3 Å². The van der Waals surface area contributed by atoms with Crippen LogP contribution >= 0.6 is 11.3 Å². The van der Waals surface area contributed by atoms with Crippen molar-refractivity contribution >= 4 is 33.3 Å². The maximum absolute atomic E-state index is 5.81. The fourth-order valence-corrected chi connectivity index (χ4v) is 3.75. The standard InChI is InChI=1S/C14H21N5OS/c1-4-10-5-11-12(16-14(18-15)17-13(11)21-10)19-6-8(2)20-9(3)7-19/h5,8-9H,4,6-7,15H2,1-3H3,(H,16,17,18)/t8-,9+. The number of fused-ring (bicyclic) bond motifs is 1. The van der Waals surface area contributed by atoms with Gasteiger partial charge in [0.05, 0.1) is 17.6 Å². The van der Waals surface area contributed by atoms with Crippen molar-refractivity contribution in [3.8, 4) is 0 Å². The first-order valence-electron chi connectivity index (χ1n) is 7.28. The molecule has 3 N–H and O–H groups in total. The number of hydrogen-bond acceptors (Lipinski definition) is 7. The molecule has 0 bridgehead atoms. The van der Waals surface area contributed by atoms with Crippen molar-refractivity contribution in [2.75, 3.05) is 23.4 Å². The lowest BCUT2D eigenvalue weighted by Gasteiger charge is -2.36. The molecule has 0 amide bonds. The van der Waals surface area contributed by atoms with Crippen molar-refractivity contribution in [1.82, 2.24) is 9.97 Å². The lowest BCUT2D eigenvalue weighted by Crippen LogP contribution is -2.46. The Morgan fingerprint density at radius 2 is 2.10 bits per heavy atom. The summed E-state index contributed by atoms with van der Waals surface area (Å²) in [5, 5.41) is 1.11. The zero-order chi connectivity index (χ0) is 15.0. The highest BCUT2D eigenvalue weighted by Gasteiger charge is 2.25. The minimum atomic E-state index is 0.192.